The van der Waals surface area contributed by atoms with E-state index in [1.807, 2.05) is 6.07 Å². The molecule has 1 atom stereocenters. The average molecular weight is 328 g/mol. The summed E-state index contributed by atoms with van der Waals surface area (Å²) < 4.78 is 26.3. The second kappa shape index (κ2) is 6.91. The Kier molecular flexibility index (Phi) is 5.20. The maximum absolute atomic E-state index is 13.5. The van der Waals surface area contributed by atoms with E-state index < -0.39 is 16.9 Å². The van der Waals surface area contributed by atoms with E-state index in [4.69, 9.17) is 11.6 Å². The zero-order valence-electron chi connectivity index (χ0n) is 11.1. The number of anilines is 1. The molecule has 0 radical (unpaired) electrons. The van der Waals surface area contributed by atoms with Gasteiger partial charge in [0.2, 0.25) is 5.91 Å². The van der Waals surface area contributed by atoms with E-state index in [9.17, 15) is 13.6 Å². The number of hydrogen-bond acceptors (Lipinski definition) is 2. The Hall–Kier alpha value is -1.59. The summed E-state index contributed by atoms with van der Waals surface area (Å²) in [6.45, 7) is 1.69. The summed E-state index contributed by atoms with van der Waals surface area (Å²) in [5.74, 6) is -1.88. The van der Waals surface area contributed by atoms with Crippen LogP contribution in [0.3, 0.4) is 0 Å². The summed E-state index contributed by atoms with van der Waals surface area (Å²) in [4.78, 5) is 12.8. The van der Waals surface area contributed by atoms with Crippen molar-refractivity contribution >= 4 is 35.0 Å². The number of thioether (sulfide) groups is 1. The van der Waals surface area contributed by atoms with E-state index in [1.165, 1.54) is 17.8 Å². The summed E-state index contributed by atoms with van der Waals surface area (Å²) in [7, 11) is 0. The molecule has 0 aromatic heterocycles. The third-order valence-corrected chi connectivity index (χ3v) is 4.32. The molecule has 2 rings (SSSR count). The lowest BCUT2D eigenvalue weighted by molar-refractivity contribution is -0.115. The summed E-state index contributed by atoms with van der Waals surface area (Å²) in [5.41, 5.74) is -0.0481. The minimum atomic E-state index is -0.807. The SMILES string of the molecule is C[C@@H](Sc1ccccc1Cl)C(=O)Nc1ccc(F)cc1F. The van der Waals surface area contributed by atoms with Crippen molar-refractivity contribution in [3.05, 3.63) is 59.1 Å². The highest BCUT2D eigenvalue weighted by Crippen LogP contribution is 2.30. The Morgan fingerprint density at radius 3 is 2.62 bits per heavy atom. The number of halogens is 3. The summed E-state index contributed by atoms with van der Waals surface area (Å²) in [6.07, 6.45) is 0. The number of benzene rings is 2. The van der Waals surface area contributed by atoms with Crippen molar-refractivity contribution in [2.75, 3.05) is 5.32 Å². The minimum Gasteiger partial charge on any atom is -0.323 e. The highest BCUT2D eigenvalue weighted by atomic mass is 35.5. The van der Waals surface area contributed by atoms with Gasteiger partial charge in [-0.1, -0.05) is 23.7 Å². The van der Waals surface area contributed by atoms with Crippen LogP contribution >= 0.6 is 23.4 Å². The third kappa shape index (κ3) is 4.19. The minimum absolute atomic E-state index is 0.0481. The van der Waals surface area contributed by atoms with Crippen molar-refractivity contribution in [1.29, 1.82) is 0 Å². The van der Waals surface area contributed by atoms with Crippen LogP contribution in [0, 0.1) is 11.6 Å². The lowest BCUT2D eigenvalue weighted by Crippen LogP contribution is -2.23. The predicted molar refractivity (Wildman–Crippen MR) is 81.8 cm³/mol. The molecule has 0 spiro atoms. The average Bonchev–Trinajstić information content (AvgIpc) is 2.44. The first-order chi connectivity index (χ1) is 9.97. The molecular formula is C15H12ClF2NOS. The molecule has 1 amide bonds. The van der Waals surface area contributed by atoms with Crippen LogP contribution in [-0.4, -0.2) is 11.2 Å². The van der Waals surface area contributed by atoms with Gasteiger partial charge in [-0.2, -0.15) is 0 Å². The first-order valence-corrected chi connectivity index (χ1v) is 7.40. The molecule has 0 saturated heterocycles. The van der Waals surface area contributed by atoms with Crippen LogP contribution in [0.5, 0.6) is 0 Å². The van der Waals surface area contributed by atoms with Crippen molar-refractivity contribution in [3.63, 3.8) is 0 Å². The highest BCUT2D eigenvalue weighted by molar-refractivity contribution is 8.00. The summed E-state index contributed by atoms with van der Waals surface area (Å²) in [5, 5.41) is 2.51. The van der Waals surface area contributed by atoms with E-state index in [1.54, 1.807) is 25.1 Å². The molecular weight excluding hydrogens is 316 g/mol. The summed E-state index contributed by atoms with van der Waals surface area (Å²) in [6, 6.07) is 10.1. The molecule has 2 aromatic rings. The maximum atomic E-state index is 13.5. The molecule has 2 nitrogen and oxygen atoms in total. The predicted octanol–water partition coefficient (Wildman–Crippen LogP) is 4.74. The monoisotopic (exact) mass is 327 g/mol. The van der Waals surface area contributed by atoms with E-state index in [0.29, 0.717) is 5.02 Å². The summed E-state index contributed by atoms with van der Waals surface area (Å²) >= 11 is 7.29. The quantitative estimate of drug-likeness (QED) is 0.822. The van der Waals surface area contributed by atoms with E-state index in [2.05, 4.69) is 5.32 Å². The largest absolute Gasteiger partial charge is 0.323 e. The molecule has 6 heteroatoms. The third-order valence-electron chi connectivity index (χ3n) is 2.70. The fraction of sp³-hybridized carbons (Fsp3) is 0.133. The zero-order valence-corrected chi connectivity index (χ0v) is 12.6. The standard InChI is InChI=1S/C15H12ClF2NOS/c1-9(21-14-5-3-2-4-11(14)16)15(20)19-13-7-6-10(17)8-12(13)18/h2-9H,1H3,(H,19,20)/t9-/m1/s1. The number of rotatable bonds is 4. The zero-order chi connectivity index (χ0) is 15.4. The molecule has 0 heterocycles. The van der Waals surface area contributed by atoms with Crippen LogP contribution in [0.4, 0.5) is 14.5 Å². The number of carbonyl (C=O) groups excluding carboxylic acids is 1. The van der Waals surface area contributed by atoms with Crippen molar-refractivity contribution in [3.8, 4) is 0 Å². The van der Waals surface area contributed by atoms with Crippen LogP contribution in [0.1, 0.15) is 6.92 Å². The molecule has 21 heavy (non-hydrogen) atoms. The van der Waals surface area contributed by atoms with Gasteiger partial charge in [-0.25, -0.2) is 8.78 Å². The molecule has 110 valence electrons. The van der Waals surface area contributed by atoms with Gasteiger partial charge in [0.15, 0.2) is 0 Å². The van der Waals surface area contributed by atoms with Crippen molar-refractivity contribution in [1.82, 2.24) is 0 Å². The Morgan fingerprint density at radius 1 is 1.24 bits per heavy atom. The topological polar surface area (TPSA) is 29.1 Å². The first kappa shape index (κ1) is 15.8. The first-order valence-electron chi connectivity index (χ1n) is 6.14. The van der Waals surface area contributed by atoms with Gasteiger partial charge < -0.3 is 5.32 Å². The normalized spacial score (nSPS) is 12.0. The number of amides is 1. The molecule has 0 aliphatic rings. The molecule has 2 aromatic carbocycles. The fourth-order valence-electron chi connectivity index (χ4n) is 1.61. The highest BCUT2D eigenvalue weighted by Gasteiger charge is 2.17. The molecule has 0 saturated carbocycles. The van der Waals surface area contributed by atoms with E-state index in [0.717, 1.165) is 17.0 Å². The molecule has 0 bridgehead atoms. The van der Waals surface area contributed by atoms with Gasteiger partial charge in [-0.3, -0.25) is 4.79 Å². The van der Waals surface area contributed by atoms with Crippen LogP contribution < -0.4 is 5.32 Å². The fourth-order valence-corrected chi connectivity index (χ4v) is 2.76. The Morgan fingerprint density at radius 2 is 1.95 bits per heavy atom. The lowest BCUT2D eigenvalue weighted by atomic mass is 10.3. The van der Waals surface area contributed by atoms with Crippen molar-refractivity contribution in [2.24, 2.45) is 0 Å². The Labute approximate surface area is 130 Å². The van der Waals surface area contributed by atoms with Gasteiger partial charge in [0, 0.05) is 11.0 Å². The Balaban J connectivity index is 2.04. The molecule has 0 aliphatic carbocycles. The maximum Gasteiger partial charge on any atom is 0.237 e. The van der Waals surface area contributed by atoms with Gasteiger partial charge in [-0.15, -0.1) is 11.8 Å². The van der Waals surface area contributed by atoms with Crippen LogP contribution in [-0.2, 0) is 4.79 Å². The second-order valence-corrected chi connectivity index (χ2v) is 6.09. The van der Waals surface area contributed by atoms with Crippen molar-refractivity contribution in [2.45, 2.75) is 17.1 Å². The van der Waals surface area contributed by atoms with Gasteiger partial charge in [0.1, 0.15) is 11.6 Å². The van der Waals surface area contributed by atoms with Crippen LogP contribution in [0.25, 0.3) is 0 Å². The van der Waals surface area contributed by atoms with Crippen LogP contribution in [0.15, 0.2) is 47.4 Å². The number of hydrogen-bond donors (Lipinski definition) is 1. The van der Waals surface area contributed by atoms with Crippen molar-refractivity contribution < 1.29 is 13.6 Å². The van der Waals surface area contributed by atoms with Gasteiger partial charge in [-0.05, 0) is 31.2 Å². The molecule has 0 aliphatic heterocycles. The van der Waals surface area contributed by atoms with E-state index >= 15 is 0 Å². The van der Waals surface area contributed by atoms with Crippen LogP contribution in [0.2, 0.25) is 5.02 Å². The number of nitrogens with one attached hydrogen (secondary N) is 1. The van der Waals surface area contributed by atoms with E-state index in [-0.39, 0.29) is 11.6 Å². The Bertz CT molecular complexity index is 666. The lowest BCUT2D eigenvalue weighted by Gasteiger charge is -2.13. The smallest absolute Gasteiger partial charge is 0.237 e. The molecule has 0 fully saturated rings. The van der Waals surface area contributed by atoms with Gasteiger partial charge >= 0.3 is 0 Å². The van der Waals surface area contributed by atoms with Gasteiger partial charge in [0.25, 0.3) is 0 Å². The number of carbonyl (C=O) groups is 1. The second-order valence-electron chi connectivity index (χ2n) is 4.30. The molecule has 0 unspecified atom stereocenters. The molecule has 1 N–H and O–H groups in total. The van der Waals surface area contributed by atoms with Gasteiger partial charge in [0.05, 0.1) is 16.0 Å².